The summed E-state index contributed by atoms with van der Waals surface area (Å²) in [7, 11) is -2.27. The topological polar surface area (TPSA) is 138 Å². The van der Waals surface area contributed by atoms with Crippen molar-refractivity contribution in [2.45, 2.75) is 68.7 Å². The third kappa shape index (κ3) is 10.2. The quantitative estimate of drug-likeness (QED) is 0.239. The largest absolute Gasteiger partial charge is 0.490 e. The number of sulfonamides is 1. The predicted molar refractivity (Wildman–Crippen MR) is 185 cm³/mol. The van der Waals surface area contributed by atoms with Crippen LogP contribution in [0.2, 0.25) is 0 Å². The molecular formula is C34H43F3N4O7S2. The highest BCUT2D eigenvalue weighted by Gasteiger charge is 2.33. The van der Waals surface area contributed by atoms with Crippen LogP contribution in [0.3, 0.4) is 0 Å². The second-order valence-corrected chi connectivity index (χ2v) is 15.6. The molecule has 0 fully saturated rings. The Morgan fingerprint density at radius 3 is 2.42 bits per heavy atom. The normalized spacial score (nSPS) is 20.4. The van der Waals surface area contributed by atoms with Crippen molar-refractivity contribution in [1.82, 2.24) is 9.21 Å². The molecule has 3 aromatic rings. The number of ether oxygens (including phenoxy) is 2. The van der Waals surface area contributed by atoms with Gasteiger partial charge in [0.25, 0.3) is 15.9 Å². The van der Waals surface area contributed by atoms with Crippen LogP contribution in [0.5, 0.6) is 5.75 Å². The number of hydrogen-bond donors (Lipinski definition) is 3. The highest BCUT2D eigenvalue weighted by Crippen LogP contribution is 2.31. The lowest BCUT2D eigenvalue weighted by molar-refractivity contribution is -0.137. The van der Waals surface area contributed by atoms with Gasteiger partial charge in [-0.15, -0.1) is 11.3 Å². The standard InChI is InChI=1S/C34H43F3N4O7S2/c1-22-19-41(23(2)21-42)32(43)28-18-27(39-33(44)38-26-12-10-25(11-13-26)34(35,36)37)14-15-29(28)48-24(3)8-5-6-16-47-30(22)20-40(4)50(45,46)31-9-7-17-49-31/h7,9-15,17-18,22-24,30,42H,5-6,8,16,19-21H2,1-4H3,(H2,38,39,44)/t22-,23-,24-,30+/m0/s1. The lowest BCUT2D eigenvalue weighted by Crippen LogP contribution is -2.48. The van der Waals surface area contributed by atoms with Crippen LogP contribution in [0.25, 0.3) is 0 Å². The third-order valence-electron chi connectivity index (χ3n) is 8.38. The fourth-order valence-corrected chi connectivity index (χ4v) is 7.80. The molecule has 0 saturated carbocycles. The Kier molecular flexibility index (Phi) is 13.3. The lowest BCUT2D eigenvalue weighted by atomic mass is 10.0. The van der Waals surface area contributed by atoms with Gasteiger partial charge in [-0.2, -0.15) is 17.5 Å². The zero-order valence-electron chi connectivity index (χ0n) is 28.3. The molecule has 2 heterocycles. The van der Waals surface area contributed by atoms with Crippen molar-refractivity contribution in [3.05, 3.63) is 71.1 Å². The van der Waals surface area contributed by atoms with Crippen molar-refractivity contribution in [2.24, 2.45) is 5.92 Å². The van der Waals surface area contributed by atoms with Crippen LogP contribution < -0.4 is 15.4 Å². The summed E-state index contributed by atoms with van der Waals surface area (Å²) in [5.41, 5.74) is -0.398. The molecule has 50 heavy (non-hydrogen) atoms. The SMILES string of the molecule is C[C@H]1CCCCO[C@H](CN(C)S(=O)(=O)c2cccs2)[C@@H](C)CN([C@@H](C)CO)C(=O)c2cc(NC(=O)Nc3ccc(C(F)(F)F)cc3)ccc2O1. The first-order chi connectivity index (χ1) is 23.6. The minimum atomic E-state index is -4.52. The van der Waals surface area contributed by atoms with E-state index in [1.165, 1.54) is 22.3 Å². The fraction of sp³-hybridized carbons (Fsp3) is 0.471. The summed E-state index contributed by atoms with van der Waals surface area (Å²) >= 11 is 1.12. The molecule has 0 aliphatic carbocycles. The van der Waals surface area contributed by atoms with Crippen LogP contribution in [0, 0.1) is 5.92 Å². The number of alkyl halides is 3. The van der Waals surface area contributed by atoms with Crippen LogP contribution in [-0.2, 0) is 20.9 Å². The Labute approximate surface area is 294 Å². The van der Waals surface area contributed by atoms with Crippen molar-refractivity contribution in [3.8, 4) is 5.75 Å². The van der Waals surface area contributed by atoms with Gasteiger partial charge in [0.05, 0.1) is 36.0 Å². The maximum Gasteiger partial charge on any atom is 0.416 e. The number of hydrogen-bond acceptors (Lipinski definition) is 8. The highest BCUT2D eigenvalue weighted by molar-refractivity contribution is 7.91. The number of benzene rings is 2. The van der Waals surface area contributed by atoms with E-state index in [-0.39, 0.29) is 58.6 Å². The van der Waals surface area contributed by atoms with E-state index in [0.717, 1.165) is 42.0 Å². The minimum absolute atomic E-state index is 0.0369. The number of thiophene rings is 1. The van der Waals surface area contributed by atoms with Gasteiger partial charge in [-0.3, -0.25) is 4.79 Å². The number of aliphatic hydroxyl groups excluding tert-OH is 1. The molecule has 1 aliphatic heterocycles. The molecule has 0 saturated heterocycles. The summed E-state index contributed by atoms with van der Waals surface area (Å²) in [6.07, 6.45) is -3.34. The molecule has 0 spiro atoms. The summed E-state index contributed by atoms with van der Waals surface area (Å²) in [4.78, 5) is 28.6. The number of halogens is 3. The third-order valence-corrected chi connectivity index (χ3v) is 11.6. The van der Waals surface area contributed by atoms with Gasteiger partial charge in [-0.05, 0) is 87.0 Å². The van der Waals surface area contributed by atoms with Crippen molar-refractivity contribution in [3.63, 3.8) is 0 Å². The molecule has 4 rings (SSSR count). The van der Waals surface area contributed by atoms with E-state index >= 15 is 0 Å². The van der Waals surface area contributed by atoms with Crippen molar-refractivity contribution < 1.29 is 45.8 Å². The first kappa shape index (κ1) is 39.1. The van der Waals surface area contributed by atoms with Crippen LogP contribution in [-0.4, -0.2) is 86.3 Å². The molecule has 1 aromatic heterocycles. The molecule has 4 atom stereocenters. The van der Waals surface area contributed by atoms with E-state index in [4.69, 9.17) is 9.47 Å². The molecule has 16 heteroatoms. The van der Waals surface area contributed by atoms with Crippen LogP contribution in [0.1, 0.15) is 56.0 Å². The number of carbonyl (C=O) groups is 2. The molecule has 0 radical (unpaired) electrons. The van der Waals surface area contributed by atoms with Crippen molar-refractivity contribution in [1.29, 1.82) is 0 Å². The molecule has 1 aliphatic rings. The molecule has 0 unspecified atom stereocenters. The Hall–Kier alpha value is -3.70. The molecule has 3 amide bonds. The Bertz CT molecular complexity index is 1690. The van der Waals surface area contributed by atoms with E-state index in [1.807, 2.05) is 13.8 Å². The number of nitrogens with one attached hydrogen (secondary N) is 2. The van der Waals surface area contributed by atoms with Gasteiger partial charge in [0, 0.05) is 44.0 Å². The average molecular weight is 741 g/mol. The van der Waals surface area contributed by atoms with Gasteiger partial charge < -0.3 is 30.1 Å². The lowest BCUT2D eigenvalue weighted by Gasteiger charge is -2.35. The zero-order valence-corrected chi connectivity index (χ0v) is 29.9. The van der Waals surface area contributed by atoms with Gasteiger partial charge in [0.15, 0.2) is 0 Å². The fourth-order valence-electron chi connectivity index (χ4n) is 5.41. The summed E-state index contributed by atoms with van der Waals surface area (Å²) in [6.45, 7) is 5.55. The van der Waals surface area contributed by atoms with E-state index in [2.05, 4.69) is 10.6 Å². The van der Waals surface area contributed by atoms with E-state index < -0.39 is 45.8 Å². The van der Waals surface area contributed by atoms with E-state index in [9.17, 15) is 36.3 Å². The summed E-state index contributed by atoms with van der Waals surface area (Å²) in [6, 6.07) is 10.3. The van der Waals surface area contributed by atoms with Crippen LogP contribution in [0.4, 0.5) is 29.3 Å². The van der Waals surface area contributed by atoms with Gasteiger partial charge in [0.1, 0.15) is 9.96 Å². The van der Waals surface area contributed by atoms with Crippen molar-refractivity contribution in [2.75, 3.05) is 44.0 Å². The molecule has 3 N–H and O–H groups in total. The van der Waals surface area contributed by atoms with E-state index in [1.54, 1.807) is 36.6 Å². The monoisotopic (exact) mass is 740 g/mol. The van der Waals surface area contributed by atoms with Gasteiger partial charge in [0.2, 0.25) is 0 Å². The van der Waals surface area contributed by atoms with E-state index in [0.29, 0.717) is 19.4 Å². The second-order valence-electron chi connectivity index (χ2n) is 12.4. The number of aliphatic hydroxyl groups is 1. The molecular weight excluding hydrogens is 698 g/mol. The number of urea groups is 1. The molecule has 0 bridgehead atoms. The molecule has 11 nitrogen and oxygen atoms in total. The summed E-state index contributed by atoms with van der Waals surface area (Å²) < 4.78 is 79.2. The Balaban J connectivity index is 1.60. The number of amides is 3. The van der Waals surface area contributed by atoms with Crippen molar-refractivity contribution >= 4 is 44.7 Å². The highest BCUT2D eigenvalue weighted by atomic mass is 32.2. The second kappa shape index (κ2) is 17.0. The minimum Gasteiger partial charge on any atom is -0.490 e. The maximum atomic E-state index is 14.3. The Morgan fingerprint density at radius 1 is 1.10 bits per heavy atom. The van der Waals surface area contributed by atoms with Gasteiger partial charge in [-0.25, -0.2) is 13.2 Å². The average Bonchev–Trinajstić information content (AvgIpc) is 3.62. The molecule has 2 aromatic carbocycles. The number of carbonyl (C=O) groups excluding carboxylic acids is 2. The number of anilines is 2. The number of nitrogens with zero attached hydrogens (tertiary/aromatic N) is 2. The maximum absolute atomic E-state index is 14.3. The van der Waals surface area contributed by atoms with Crippen LogP contribution in [0.15, 0.2) is 64.2 Å². The van der Waals surface area contributed by atoms with Crippen LogP contribution >= 0.6 is 11.3 Å². The van der Waals surface area contributed by atoms with Gasteiger partial charge in [-0.1, -0.05) is 13.0 Å². The zero-order chi connectivity index (χ0) is 36.6. The first-order valence-electron chi connectivity index (χ1n) is 16.2. The number of likely N-dealkylation sites (N-methyl/N-ethyl adjacent to an activating group) is 1. The first-order valence-corrected chi connectivity index (χ1v) is 18.5. The smallest absolute Gasteiger partial charge is 0.416 e. The van der Waals surface area contributed by atoms with Gasteiger partial charge >= 0.3 is 12.2 Å². The Morgan fingerprint density at radius 2 is 1.78 bits per heavy atom. The molecule has 274 valence electrons. The summed E-state index contributed by atoms with van der Waals surface area (Å²) in [5, 5.41) is 17.0. The predicted octanol–water partition coefficient (Wildman–Crippen LogP) is 6.53. The summed E-state index contributed by atoms with van der Waals surface area (Å²) in [5.74, 6) is -0.607. The number of rotatable bonds is 8. The number of fused-ring (bicyclic) bond motifs is 1.